The van der Waals surface area contributed by atoms with Gasteiger partial charge in [0.2, 0.25) is 5.12 Å². The molecule has 0 bridgehead atoms. The molecule has 1 saturated carbocycles. The maximum Gasteiger partial charge on any atom is 0.412 e. The summed E-state index contributed by atoms with van der Waals surface area (Å²) in [6.07, 6.45) is 5.51. The smallest absolute Gasteiger partial charge is 0.412 e. The summed E-state index contributed by atoms with van der Waals surface area (Å²) in [4.78, 5) is 35.6. The van der Waals surface area contributed by atoms with Crippen molar-refractivity contribution in [1.82, 2.24) is 5.32 Å². The number of furan rings is 1. The Bertz CT molecular complexity index is 1560. The fourth-order valence-electron chi connectivity index (χ4n) is 5.71. The van der Waals surface area contributed by atoms with E-state index < -0.39 is 6.09 Å². The van der Waals surface area contributed by atoms with Crippen LogP contribution in [0.1, 0.15) is 56.6 Å². The second-order valence-electron chi connectivity index (χ2n) is 12.5. The van der Waals surface area contributed by atoms with Crippen molar-refractivity contribution in [2.45, 2.75) is 59.2 Å². The first kappa shape index (κ1) is 31.4. The highest BCUT2D eigenvalue weighted by Crippen LogP contribution is 2.60. The van der Waals surface area contributed by atoms with Crippen molar-refractivity contribution in [2.24, 2.45) is 17.3 Å². The largest absolute Gasteiger partial charge is 0.483 e. The van der Waals surface area contributed by atoms with Crippen molar-refractivity contribution in [3.05, 3.63) is 95.0 Å². The summed E-state index contributed by atoms with van der Waals surface area (Å²) in [5.41, 5.74) is 3.58. The summed E-state index contributed by atoms with van der Waals surface area (Å²) in [5, 5.41) is 2.56. The molecule has 1 saturated heterocycles. The minimum atomic E-state index is -0.485. The molecular weight excluding hydrogens is 578 g/mol. The van der Waals surface area contributed by atoms with Gasteiger partial charge in [-0.05, 0) is 49.3 Å². The van der Waals surface area contributed by atoms with E-state index in [2.05, 4.69) is 31.3 Å². The molecule has 1 N–H and O–H groups in total. The number of esters is 1. The van der Waals surface area contributed by atoms with Crippen LogP contribution < -0.4 is 14.8 Å². The van der Waals surface area contributed by atoms with Crippen LogP contribution in [0.25, 0.3) is 0 Å². The van der Waals surface area contributed by atoms with Gasteiger partial charge in [0.15, 0.2) is 11.5 Å². The number of rotatable bonds is 7. The number of carbonyl (C=O) groups is 3. The molecule has 44 heavy (non-hydrogen) atoms. The van der Waals surface area contributed by atoms with Gasteiger partial charge in [-0.15, -0.1) is 0 Å². The third-order valence-corrected chi connectivity index (χ3v) is 9.12. The lowest BCUT2D eigenvalue weighted by Gasteiger charge is -2.17. The van der Waals surface area contributed by atoms with Crippen LogP contribution in [0.4, 0.5) is 4.79 Å². The maximum absolute atomic E-state index is 12.6. The number of para-hydroxylation sites is 1. The molecule has 2 atom stereocenters. The highest BCUT2D eigenvalue weighted by molar-refractivity contribution is 8.14. The Morgan fingerprint density at radius 1 is 1.07 bits per heavy atom. The minimum absolute atomic E-state index is 0.0793. The topological polar surface area (TPSA) is 104 Å². The molecular formula is C35H39NO7S. The number of hydrogen-bond acceptors (Lipinski definition) is 8. The standard InChI is InChI=1S/C23H24O4S.C12H15NO3/c1-23(2)19(12-17-8-9-28-22(17)25)20(23)21(24)27-14-16-11-18(26-13-16)10-15-6-4-3-5-7-15;1-12(2)7-8-5-4-6-9(10(8)16-12)15-11(14)13-3/h3-7,11-13,19-20H,8-10,14H2,1-2H3;4-6H,7H2,1-3H3,(H,13,14)/b17-12+;/t19-,20-;/m1./s1. The van der Waals surface area contributed by atoms with Crippen molar-refractivity contribution in [3.63, 3.8) is 0 Å². The Labute approximate surface area is 262 Å². The van der Waals surface area contributed by atoms with E-state index in [9.17, 15) is 14.4 Å². The van der Waals surface area contributed by atoms with Crippen LogP contribution in [0.2, 0.25) is 0 Å². The summed E-state index contributed by atoms with van der Waals surface area (Å²) in [7, 11) is 1.52. The Morgan fingerprint density at radius 3 is 2.55 bits per heavy atom. The van der Waals surface area contributed by atoms with Crippen molar-refractivity contribution in [1.29, 1.82) is 0 Å². The zero-order valence-electron chi connectivity index (χ0n) is 25.8. The highest BCUT2D eigenvalue weighted by Gasteiger charge is 2.61. The Morgan fingerprint density at radius 2 is 1.84 bits per heavy atom. The quantitative estimate of drug-likeness (QED) is 0.226. The molecule has 3 aromatic rings. The van der Waals surface area contributed by atoms with E-state index in [0.29, 0.717) is 17.9 Å². The van der Waals surface area contributed by atoms with Gasteiger partial charge in [0.1, 0.15) is 18.0 Å². The van der Waals surface area contributed by atoms with E-state index in [1.165, 1.54) is 24.4 Å². The van der Waals surface area contributed by atoms with Gasteiger partial charge in [0.05, 0.1) is 12.2 Å². The average Bonchev–Trinajstić information content (AvgIpc) is 3.43. The van der Waals surface area contributed by atoms with E-state index in [1.54, 1.807) is 12.3 Å². The van der Waals surface area contributed by atoms with Crippen molar-refractivity contribution in [3.8, 4) is 11.5 Å². The molecule has 6 rings (SSSR count). The number of benzene rings is 2. The number of carbonyl (C=O) groups excluding carboxylic acids is 3. The first-order valence-electron chi connectivity index (χ1n) is 14.8. The molecule has 0 spiro atoms. The summed E-state index contributed by atoms with van der Waals surface area (Å²) in [6.45, 7) is 8.35. The van der Waals surface area contributed by atoms with Crippen molar-refractivity contribution in [2.75, 3.05) is 12.8 Å². The fourth-order valence-corrected chi connectivity index (χ4v) is 6.57. The Balaban J connectivity index is 0.000000204. The molecule has 8 nitrogen and oxygen atoms in total. The Kier molecular flexibility index (Phi) is 9.25. The molecule has 1 aromatic heterocycles. The number of nitrogens with one attached hydrogen (secondary N) is 1. The van der Waals surface area contributed by atoms with Crippen LogP contribution >= 0.6 is 11.8 Å². The molecule has 2 aromatic carbocycles. The van der Waals surface area contributed by atoms with Crippen LogP contribution in [-0.4, -0.2) is 35.6 Å². The summed E-state index contributed by atoms with van der Waals surface area (Å²) >= 11 is 1.36. The number of hydrogen-bond donors (Lipinski definition) is 1. The van der Waals surface area contributed by atoms with E-state index in [0.717, 1.165) is 41.1 Å². The van der Waals surface area contributed by atoms with Crippen molar-refractivity contribution < 1.29 is 33.0 Å². The minimum Gasteiger partial charge on any atom is -0.483 e. The Hall–Kier alpha value is -3.98. The van der Waals surface area contributed by atoms with Gasteiger partial charge < -0.3 is 23.9 Å². The predicted octanol–water partition coefficient (Wildman–Crippen LogP) is 6.89. The number of fused-ring (bicyclic) bond motifs is 1. The van der Waals surface area contributed by atoms with Gasteiger partial charge in [-0.2, -0.15) is 0 Å². The monoisotopic (exact) mass is 617 g/mol. The second-order valence-corrected chi connectivity index (χ2v) is 13.6. The zero-order valence-corrected chi connectivity index (χ0v) is 26.6. The van der Waals surface area contributed by atoms with Crippen LogP contribution in [-0.2, 0) is 33.8 Å². The van der Waals surface area contributed by atoms with Crippen LogP contribution in [0, 0.1) is 17.3 Å². The lowest BCUT2D eigenvalue weighted by atomic mass is 10.0. The van der Waals surface area contributed by atoms with E-state index in [-0.39, 0.29) is 40.5 Å². The van der Waals surface area contributed by atoms with Crippen LogP contribution in [0.5, 0.6) is 11.5 Å². The number of ether oxygens (including phenoxy) is 3. The lowest BCUT2D eigenvalue weighted by molar-refractivity contribution is -0.147. The molecule has 1 amide bonds. The third kappa shape index (κ3) is 7.38. The molecule has 2 aliphatic heterocycles. The number of thioether (sulfide) groups is 1. The molecule has 1 aliphatic carbocycles. The van der Waals surface area contributed by atoms with E-state index >= 15 is 0 Å². The van der Waals surface area contributed by atoms with Gasteiger partial charge in [0, 0.05) is 42.3 Å². The van der Waals surface area contributed by atoms with E-state index in [4.69, 9.17) is 18.6 Å². The van der Waals surface area contributed by atoms with Crippen LogP contribution in [0.3, 0.4) is 0 Å². The number of amides is 1. The zero-order chi connectivity index (χ0) is 31.5. The van der Waals surface area contributed by atoms with Gasteiger partial charge in [-0.1, -0.05) is 74.1 Å². The molecule has 232 valence electrons. The molecule has 2 fully saturated rings. The number of allylic oxidation sites excluding steroid dienone is 1. The second kappa shape index (κ2) is 12.9. The first-order chi connectivity index (χ1) is 21.0. The first-order valence-corrected chi connectivity index (χ1v) is 15.8. The molecule has 9 heteroatoms. The average molecular weight is 618 g/mol. The summed E-state index contributed by atoms with van der Waals surface area (Å²) in [5.74, 6) is 2.54. The lowest BCUT2D eigenvalue weighted by Crippen LogP contribution is -2.25. The highest BCUT2D eigenvalue weighted by atomic mass is 32.2. The normalized spacial score (nSPS) is 21.5. The fraction of sp³-hybridized carbons (Fsp3) is 0.400. The maximum atomic E-state index is 12.6. The molecule has 0 unspecified atom stereocenters. The SMILES string of the molecule is CC1(C)[C@H](/C=C2\CCSC2=O)[C@@H]1C(=O)OCc1coc(Cc2ccccc2)c1.CNC(=O)Oc1cccc2c1OC(C)(C)C2. The molecule has 0 radical (unpaired) electrons. The van der Waals surface area contributed by atoms with E-state index in [1.807, 2.05) is 56.3 Å². The third-order valence-electron chi connectivity index (χ3n) is 8.18. The van der Waals surface area contributed by atoms with Crippen molar-refractivity contribution >= 4 is 28.9 Å². The predicted molar refractivity (Wildman–Crippen MR) is 169 cm³/mol. The van der Waals surface area contributed by atoms with Gasteiger partial charge in [0.25, 0.3) is 0 Å². The summed E-state index contributed by atoms with van der Waals surface area (Å²) in [6, 6.07) is 17.6. The summed E-state index contributed by atoms with van der Waals surface area (Å²) < 4.78 is 22.0. The van der Waals surface area contributed by atoms with Gasteiger partial charge in [-0.25, -0.2) is 4.79 Å². The van der Waals surface area contributed by atoms with Gasteiger partial charge in [-0.3, -0.25) is 9.59 Å². The molecule has 3 aliphatic rings. The van der Waals surface area contributed by atoms with Gasteiger partial charge >= 0.3 is 12.1 Å². The molecule has 3 heterocycles. The van der Waals surface area contributed by atoms with Crippen LogP contribution in [0.15, 0.2) is 76.9 Å².